The van der Waals surface area contributed by atoms with Crippen molar-refractivity contribution in [3.8, 4) is 5.75 Å². The van der Waals surface area contributed by atoms with E-state index >= 15 is 0 Å². The summed E-state index contributed by atoms with van der Waals surface area (Å²) < 4.78 is 33.1. The summed E-state index contributed by atoms with van der Waals surface area (Å²) in [4.78, 5) is 0. The van der Waals surface area contributed by atoms with Gasteiger partial charge in [0, 0.05) is 18.0 Å². The standard InChI is InChI=1S/C23H18F2N2O/c24-22(25)28-21-15-8-7-14-20(21)23(27-17-9-16-26-27,18-10-3-1-4-11-18)19-12-5-2-6-13-19/h1-17,22H. The Balaban J connectivity index is 2.11. The molecule has 5 heteroatoms. The summed E-state index contributed by atoms with van der Waals surface area (Å²) in [6.45, 7) is -2.93. The van der Waals surface area contributed by atoms with E-state index in [1.54, 1.807) is 29.1 Å². The molecule has 0 saturated heterocycles. The van der Waals surface area contributed by atoms with Gasteiger partial charge < -0.3 is 4.74 Å². The molecule has 0 saturated carbocycles. The molecule has 0 atom stereocenters. The second-order valence-electron chi connectivity index (χ2n) is 6.27. The molecule has 0 aliphatic heterocycles. The minimum absolute atomic E-state index is 0.112. The summed E-state index contributed by atoms with van der Waals surface area (Å²) in [6.07, 6.45) is 3.51. The maximum absolute atomic E-state index is 13.2. The number of nitrogens with zero attached hydrogens (tertiary/aromatic N) is 2. The average Bonchev–Trinajstić information content (AvgIpc) is 3.26. The number of hydrogen-bond acceptors (Lipinski definition) is 2. The molecule has 0 radical (unpaired) electrons. The van der Waals surface area contributed by atoms with Gasteiger partial charge in [0.05, 0.1) is 0 Å². The first kappa shape index (κ1) is 17.9. The van der Waals surface area contributed by atoms with E-state index in [0.717, 1.165) is 11.1 Å². The minimum atomic E-state index is -2.93. The summed E-state index contributed by atoms with van der Waals surface area (Å²) in [5, 5.41) is 4.51. The Kier molecular flexibility index (Phi) is 4.89. The molecule has 0 aliphatic carbocycles. The monoisotopic (exact) mass is 376 g/mol. The number of rotatable bonds is 6. The van der Waals surface area contributed by atoms with Crippen LogP contribution in [0.15, 0.2) is 103 Å². The average molecular weight is 376 g/mol. The first-order valence-corrected chi connectivity index (χ1v) is 8.88. The van der Waals surface area contributed by atoms with Crippen LogP contribution in [0.2, 0.25) is 0 Å². The van der Waals surface area contributed by atoms with Crippen molar-refractivity contribution >= 4 is 0 Å². The lowest BCUT2D eigenvalue weighted by molar-refractivity contribution is -0.0509. The first-order chi connectivity index (χ1) is 13.7. The Labute approximate surface area is 161 Å². The Morgan fingerprint density at radius 3 is 1.86 bits per heavy atom. The van der Waals surface area contributed by atoms with Gasteiger partial charge in [0.15, 0.2) is 0 Å². The van der Waals surface area contributed by atoms with Crippen molar-refractivity contribution in [2.24, 2.45) is 0 Å². The van der Waals surface area contributed by atoms with E-state index < -0.39 is 12.2 Å². The quantitative estimate of drug-likeness (QED) is 0.426. The van der Waals surface area contributed by atoms with Crippen LogP contribution in [-0.4, -0.2) is 16.4 Å². The SMILES string of the molecule is FC(F)Oc1ccccc1C(c1ccccc1)(c1ccccc1)n1cccn1. The fourth-order valence-corrected chi connectivity index (χ4v) is 3.66. The van der Waals surface area contributed by atoms with E-state index in [0.29, 0.717) is 5.56 Å². The number of hydrogen-bond donors (Lipinski definition) is 0. The third-order valence-electron chi connectivity index (χ3n) is 4.72. The molecule has 28 heavy (non-hydrogen) atoms. The summed E-state index contributed by atoms with van der Waals surface area (Å²) in [5.41, 5.74) is 1.37. The Hall–Kier alpha value is -3.47. The van der Waals surface area contributed by atoms with Crippen LogP contribution in [-0.2, 0) is 5.54 Å². The van der Waals surface area contributed by atoms with Gasteiger partial charge >= 0.3 is 6.61 Å². The lowest BCUT2D eigenvalue weighted by Gasteiger charge is -2.37. The molecule has 4 aromatic rings. The molecule has 0 N–H and O–H groups in total. The first-order valence-electron chi connectivity index (χ1n) is 8.88. The second kappa shape index (κ2) is 7.64. The molecule has 4 rings (SSSR count). The number of ether oxygens (including phenoxy) is 1. The van der Waals surface area contributed by atoms with Crippen LogP contribution < -0.4 is 4.74 Å². The van der Waals surface area contributed by atoms with Gasteiger partial charge in [0.2, 0.25) is 0 Å². The van der Waals surface area contributed by atoms with Crippen molar-refractivity contribution in [1.82, 2.24) is 9.78 Å². The van der Waals surface area contributed by atoms with Crippen LogP contribution in [0.3, 0.4) is 0 Å². The van der Waals surface area contributed by atoms with Crippen molar-refractivity contribution in [1.29, 1.82) is 0 Å². The van der Waals surface area contributed by atoms with Crippen molar-refractivity contribution in [3.05, 3.63) is 120 Å². The lowest BCUT2D eigenvalue weighted by Crippen LogP contribution is -2.38. The van der Waals surface area contributed by atoms with Gasteiger partial charge in [-0.15, -0.1) is 0 Å². The fraction of sp³-hybridized carbons (Fsp3) is 0.0870. The van der Waals surface area contributed by atoms with Crippen LogP contribution in [0.4, 0.5) is 8.78 Å². The van der Waals surface area contributed by atoms with Crippen LogP contribution in [0, 0.1) is 0 Å². The highest BCUT2D eigenvalue weighted by Gasteiger charge is 2.41. The molecule has 1 aromatic heterocycles. The van der Waals surface area contributed by atoms with Gasteiger partial charge in [-0.25, -0.2) is 0 Å². The van der Waals surface area contributed by atoms with Crippen LogP contribution >= 0.6 is 0 Å². The maximum Gasteiger partial charge on any atom is 0.387 e. The number of aromatic nitrogens is 2. The minimum Gasteiger partial charge on any atom is -0.434 e. The molecule has 140 valence electrons. The molecule has 3 aromatic carbocycles. The predicted octanol–water partition coefficient (Wildman–Crippen LogP) is 5.32. The van der Waals surface area contributed by atoms with Gasteiger partial charge in [0.25, 0.3) is 0 Å². The van der Waals surface area contributed by atoms with Gasteiger partial charge in [-0.05, 0) is 23.3 Å². The van der Waals surface area contributed by atoms with Crippen LogP contribution in [0.25, 0.3) is 0 Å². The summed E-state index contributed by atoms with van der Waals surface area (Å²) >= 11 is 0. The van der Waals surface area contributed by atoms with Crippen LogP contribution in [0.1, 0.15) is 16.7 Å². The molecule has 0 fully saturated rings. The van der Waals surface area contributed by atoms with Gasteiger partial charge in [-0.2, -0.15) is 13.9 Å². The Morgan fingerprint density at radius 2 is 1.32 bits per heavy atom. The van der Waals surface area contributed by atoms with Crippen molar-refractivity contribution in [2.45, 2.75) is 12.2 Å². The van der Waals surface area contributed by atoms with E-state index in [4.69, 9.17) is 4.74 Å². The van der Waals surface area contributed by atoms with Gasteiger partial charge in [0.1, 0.15) is 11.3 Å². The zero-order chi connectivity index (χ0) is 19.4. The molecule has 0 amide bonds. The van der Waals surface area contributed by atoms with Crippen molar-refractivity contribution < 1.29 is 13.5 Å². The summed E-state index contributed by atoms with van der Waals surface area (Å²) in [6, 6.07) is 28.1. The van der Waals surface area contributed by atoms with Gasteiger partial charge in [-0.3, -0.25) is 4.68 Å². The molecule has 0 unspecified atom stereocenters. The highest BCUT2D eigenvalue weighted by Crippen LogP contribution is 2.44. The highest BCUT2D eigenvalue weighted by molar-refractivity contribution is 5.55. The third kappa shape index (κ3) is 3.05. The highest BCUT2D eigenvalue weighted by atomic mass is 19.3. The van der Waals surface area contributed by atoms with Gasteiger partial charge in [-0.1, -0.05) is 78.9 Å². The smallest absolute Gasteiger partial charge is 0.387 e. The molecular weight excluding hydrogens is 358 g/mol. The largest absolute Gasteiger partial charge is 0.434 e. The maximum atomic E-state index is 13.2. The molecular formula is C23H18F2N2O. The van der Waals surface area contributed by atoms with E-state index in [1.165, 1.54) is 0 Å². The summed E-state index contributed by atoms with van der Waals surface area (Å²) in [7, 11) is 0. The molecule has 0 spiro atoms. The zero-order valence-corrected chi connectivity index (χ0v) is 15.0. The topological polar surface area (TPSA) is 27.1 Å². The van der Waals surface area contributed by atoms with Crippen molar-refractivity contribution in [2.75, 3.05) is 0 Å². The third-order valence-corrected chi connectivity index (χ3v) is 4.72. The molecule has 0 bridgehead atoms. The zero-order valence-electron chi connectivity index (χ0n) is 15.0. The number of alkyl halides is 2. The van der Waals surface area contributed by atoms with Crippen molar-refractivity contribution in [3.63, 3.8) is 0 Å². The van der Waals surface area contributed by atoms with E-state index in [9.17, 15) is 8.78 Å². The number of para-hydroxylation sites is 1. The van der Waals surface area contributed by atoms with E-state index in [1.807, 2.05) is 79.0 Å². The van der Waals surface area contributed by atoms with E-state index in [2.05, 4.69) is 5.10 Å². The molecule has 1 heterocycles. The normalized spacial score (nSPS) is 11.5. The second-order valence-corrected chi connectivity index (χ2v) is 6.27. The molecule has 0 aliphatic rings. The summed E-state index contributed by atoms with van der Waals surface area (Å²) in [5.74, 6) is 0.112. The van der Waals surface area contributed by atoms with Crippen LogP contribution in [0.5, 0.6) is 5.75 Å². The lowest BCUT2D eigenvalue weighted by atomic mass is 9.76. The fourth-order valence-electron chi connectivity index (χ4n) is 3.66. The Bertz CT molecular complexity index is 979. The number of benzene rings is 3. The van der Waals surface area contributed by atoms with E-state index in [-0.39, 0.29) is 5.75 Å². The molecule has 3 nitrogen and oxygen atoms in total. The number of halogens is 2. The Morgan fingerprint density at radius 1 is 0.750 bits per heavy atom. The predicted molar refractivity (Wildman–Crippen MR) is 103 cm³/mol.